The van der Waals surface area contributed by atoms with Crippen LogP contribution in [0.15, 0.2) is 12.2 Å². The minimum absolute atomic E-state index is 0.293. The Bertz CT molecular complexity index is 487. The predicted octanol–water partition coefficient (Wildman–Crippen LogP) is 2.94. The summed E-state index contributed by atoms with van der Waals surface area (Å²) in [6.45, 7) is 1.72. The van der Waals surface area contributed by atoms with Gasteiger partial charge in [0.05, 0.1) is 6.61 Å². The van der Waals surface area contributed by atoms with Crippen LogP contribution in [-0.2, 0) is 9.53 Å². The minimum atomic E-state index is -1.46. The van der Waals surface area contributed by atoms with Crippen LogP contribution in [0.1, 0.15) is 96.8 Å². The third-order valence-corrected chi connectivity index (χ3v) is 5.89. The van der Waals surface area contributed by atoms with E-state index < -0.39 is 37.3 Å². The molecular formula is C24H45NO6. The average Bonchev–Trinajstić information content (AvgIpc) is 2.76. The summed E-state index contributed by atoms with van der Waals surface area (Å²) in [6, 6.07) is -1.10. The van der Waals surface area contributed by atoms with Gasteiger partial charge in [-0.05, 0) is 32.1 Å². The summed E-state index contributed by atoms with van der Waals surface area (Å²) in [5.74, 6) is -0.293. The van der Waals surface area contributed by atoms with Crippen LogP contribution in [-0.4, -0.2) is 63.6 Å². The summed E-state index contributed by atoms with van der Waals surface area (Å²) in [7, 11) is 0. The SMILES string of the molecule is CCCCCCCC/C=C\CCCCCCCC(=O)N[C@H]1C(O)O[C@H](CO)[C@@H](O)[C@@H]1O. The summed E-state index contributed by atoms with van der Waals surface area (Å²) in [4.78, 5) is 12.1. The van der Waals surface area contributed by atoms with Gasteiger partial charge in [-0.25, -0.2) is 0 Å². The first kappa shape index (κ1) is 28.0. The fourth-order valence-corrected chi connectivity index (χ4v) is 3.87. The summed E-state index contributed by atoms with van der Waals surface area (Å²) in [5.41, 5.74) is 0. The van der Waals surface area contributed by atoms with Crippen LogP contribution in [0.3, 0.4) is 0 Å². The second kappa shape index (κ2) is 17.6. The van der Waals surface area contributed by atoms with Crippen molar-refractivity contribution >= 4 is 5.91 Å². The van der Waals surface area contributed by atoms with E-state index in [0.717, 1.165) is 32.1 Å². The van der Waals surface area contributed by atoms with E-state index in [1.807, 2.05) is 0 Å². The zero-order chi connectivity index (χ0) is 22.9. The number of hydrogen-bond acceptors (Lipinski definition) is 6. The number of nitrogens with one attached hydrogen (secondary N) is 1. The monoisotopic (exact) mass is 443 g/mol. The minimum Gasteiger partial charge on any atom is -0.394 e. The number of amides is 1. The van der Waals surface area contributed by atoms with Gasteiger partial charge in [0.25, 0.3) is 0 Å². The molecule has 1 heterocycles. The van der Waals surface area contributed by atoms with Gasteiger partial charge < -0.3 is 30.5 Å². The number of aliphatic hydroxyl groups is 4. The maximum atomic E-state index is 12.1. The molecule has 0 saturated carbocycles. The largest absolute Gasteiger partial charge is 0.394 e. The van der Waals surface area contributed by atoms with Gasteiger partial charge in [0.1, 0.15) is 24.4 Å². The molecule has 0 aromatic heterocycles. The first-order valence-electron chi connectivity index (χ1n) is 12.3. The van der Waals surface area contributed by atoms with Crippen LogP contribution in [0, 0.1) is 0 Å². The van der Waals surface area contributed by atoms with Crippen LogP contribution < -0.4 is 5.32 Å². The van der Waals surface area contributed by atoms with E-state index in [2.05, 4.69) is 24.4 Å². The van der Waals surface area contributed by atoms with Gasteiger partial charge in [-0.2, -0.15) is 0 Å². The Morgan fingerprint density at radius 1 is 0.839 bits per heavy atom. The maximum Gasteiger partial charge on any atom is 0.220 e. The molecule has 1 unspecified atom stereocenters. The van der Waals surface area contributed by atoms with E-state index in [1.54, 1.807) is 0 Å². The number of rotatable bonds is 17. The van der Waals surface area contributed by atoms with E-state index in [1.165, 1.54) is 51.4 Å². The molecular weight excluding hydrogens is 398 g/mol. The van der Waals surface area contributed by atoms with E-state index >= 15 is 0 Å². The van der Waals surface area contributed by atoms with E-state index in [9.17, 15) is 20.1 Å². The van der Waals surface area contributed by atoms with Gasteiger partial charge in [0.15, 0.2) is 6.29 Å². The normalized spacial score (nSPS) is 26.4. The molecule has 0 radical (unpaired) electrons. The molecule has 1 saturated heterocycles. The van der Waals surface area contributed by atoms with E-state index in [-0.39, 0.29) is 5.91 Å². The summed E-state index contributed by atoms with van der Waals surface area (Å²) >= 11 is 0. The zero-order valence-corrected chi connectivity index (χ0v) is 19.3. The number of allylic oxidation sites excluding steroid dienone is 2. The lowest BCUT2D eigenvalue weighted by Crippen LogP contribution is -2.64. The Morgan fingerprint density at radius 2 is 1.39 bits per heavy atom. The average molecular weight is 444 g/mol. The third kappa shape index (κ3) is 12.0. The number of carbonyl (C=O) groups is 1. The van der Waals surface area contributed by atoms with Crippen molar-refractivity contribution in [1.29, 1.82) is 0 Å². The number of aliphatic hydroxyl groups excluding tert-OH is 4. The highest BCUT2D eigenvalue weighted by Gasteiger charge is 2.44. The molecule has 5 atom stereocenters. The first-order valence-corrected chi connectivity index (χ1v) is 12.3. The van der Waals surface area contributed by atoms with Gasteiger partial charge in [-0.15, -0.1) is 0 Å². The van der Waals surface area contributed by atoms with Crippen molar-refractivity contribution in [1.82, 2.24) is 5.32 Å². The molecule has 7 heteroatoms. The quantitative estimate of drug-likeness (QED) is 0.174. The van der Waals surface area contributed by atoms with Crippen molar-refractivity contribution in [3.05, 3.63) is 12.2 Å². The Balaban J connectivity index is 1.99. The molecule has 5 N–H and O–H groups in total. The van der Waals surface area contributed by atoms with Crippen molar-refractivity contribution in [3.63, 3.8) is 0 Å². The molecule has 0 bridgehead atoms. The predicted molar refractivity (Wildman–Crippen MR) is 121 cm³/mol. The topological polar surface area (TPSA) is 119 Å². The molecule has 1 aliphatic rings. The fraction of sp³-hybridized carbons (Fsp3) is 0.875. The lowest BCUT2D eigenvalue weighted by molar-refractivity contribution is -0.253. The van der Waals surface area contributed by atoms with Crippen molar-refractivity contribution < 1.29 is 30.0 Å². The second-order valence-electron chi connectivity index (χ2n) is 8.66. The standard InChI is InChI=1S/C24H45NO6/c1-2-3-4-5-6-7-8-9-10-11-12-13-14-15-16-17-20(27)25-21-23(29)22(28)19(18-26)31-24(21)30/h9-10,19,21-24,26,28-30H,2-8,11-18H2,1H3,(H,25,27)/b10-9-/t19-,21-,22-,23-,24?/m1/s1. The summed E-state index contributed by atoms with van der Waals surface area (Å²) in [6.07, 6.45) is 15.0. The Morgan fingerprint density at radius 3 is 1.97 bits per heavy atom. The summed E-state index contributed by atoms with van der Waals surface area (Å²) < 4.78 is 5.04. The van der Waals surface area contributed by atoms with Gasteiger partial charge in [-0.3, -0.25) is 4.79 Å². The highest BCUT2D eigenvalue weighted by Crippen LogP contribution is 2.20. The molecule has 7 nitrogen and oxygen atoms in total. The lowest BCUT2D eigenvalue weighted by Gasteiger charge is -2.40. The number of carbonyl (C=O) groups excluding carboxylic acids is 1. The molecule has 1 rings (SSSR count). The highest BCUT2D eigenvalue weighted by atomic mass is 16.6. The molecule has 0 aromatic carbocycles. The molecule has 182 valence electrons. The van der Waals surface area contributed by atoms with Crippen LogP contribution in [0.5, 0.6) is 0 Å². The highest BCUT2D eigenvalue weighted by molar-refractivity contribution is 5.76. The van der Waals surface area contributed by atoms with Crippen molar-refractivity contribution in [3.8, 4) is 0 Å². The number of ether oxygens (including phenoxy) is 1. The zero-order valence-electron chi connectivity index (χ0n) is 19.3. The molecule has 31 heavy (non-hydrogen) atoms. The van der Waals surface area contributed by atoms with E-state index in [4.69, 9.17) is 9.84 Å². The maximum absolute atomic E-state index is 12.1. The molecule has 1 aliphatic heterocycles. The smallest absolute Gasteiger partial charge is 0.220 e. The van der Waals surface area contributed by atoms with Crippen molar-refractivity contribution in [2.75, 3.05) is 6.61 Å². The molecule has 1 amide bonds. The van der Waals surface area contributed by atoms with Gasteiger partial charge in [0.2, 0.25) is 5.91 Å². The Kier molecular flexibility index (Phi) is 15.9. The lowest BCUT2D eigenvalue weighted by atomic mass is 9.97. The van der Waals surface area contributed by atoms with Gasteiger partial charge in [-0.1, -0.05) is 70.4 Å². The molecule has 0 aliphatic carbocycles. The molecule has 0 spiro atoms. The van der Waals surface area contributed by atoms with Crippen molar-refractivity contribution in [2.24, 2.45) is 0 Å². The van der Waals surface area contributed by atoms with Crippen LogP contribution >= 0.6 is 0 Å². The summed E-state index contributed by atoms with van der Waals surface area (Å²) in [5, 5.41) is 41.4. The van der Waals surface area contributed by atoms with Gasteiger partial charge in [0, 0.05) is 6.42 Å². The van der Waals surface area contributed by atoms with Crippen molar-refractivity contribution in [2.45, 2.75) is 127 Å². The molecule has 0 aromatic rings. The van der Waals surface area contributed by atoms with Crippen LogP contribution in [0.4, 0.5) is 0 Å². The Labute approximate surface area is 187 Å². The Hall–Kier alpha value is -0.990. The van der Waals surface area contributed by atoms with E-state index in [0.29, 0.717) is 6.42 Å². The van der Waals surface area contributed by atoms with Crippen LogP contribution in [0.2, 0.25) is 0 Å². The second-order valence-corrected chi connectivity index (χ2v) is 8.66. The number of hydrogen-bond donors (Lipinski definition) is 5. The first-order chi connectivity index (χ1) is 15.0. The number of unbranched alkanes of at least 4 members (excludes halogenated alkanes) is 11. The third-order valence-electron chi connectivity index (χ3n) is 5.89. The van der Waals surface area contributed by atoms with Crippen LogP contribution in [0.25, 0.3) is 0 Å². The molecule has 1 fully saturated rings. The van der Waals surface area contributed by atoms with Gasteiger partial charge >= 0.3 is 0 Å². The fourth-order valence-electron chi connectivity index (χ4n) is 3.87.